The number of hydrogen-bond donors (Lipinski definition) is 3. The van der Waals surface area contributed by atoms with Crippen LogP contribution in [0, 0.1) is 6.92 Å². The zero-order valence-electron chi connectivity index (χ0n) is 11.4. The number of benzene rings is 1. The van der Waals surface area contributed by atoms with E-state index in [4.69, 9.17) is 5.73 Å². The summed E-state index contributed by atoms with van der Waals surface area (Å²) >= 11 is 0. The van der Waals surface area contributed by atoms with Crippen LogP contribution in [0.25, 0.3) is 0 Å². The Balaban J connectivity index is 2.17. The van der Waals surface area contributed by atoms with E-state index in [0.29, 0.717) is 5.69 Å². The second-order valence-corrected chi connectivity index (χ2v) is 4.76. The smallest absolute Gasteiger partial charge is 0.257 e. The van der Waals surface area contributed by atoms with Crippen LogP contribution in [0.1, 0.15) is 34.6 Å². The molecule has 0 radical (unpaired) electrons. The molecule has 1 unspecified atom stereocenters. The Morgan fingerprint density at radius 2 is 2.10 bits per heavy atom. The summed E-state index contributed by atoms with van der Waals surface area (Å²) in [7, 11) is 0. The molecule has 0 saturated heterocycles. The van der Waals surface area contributed by atoms with E-state index in [9.17, 15) is 9.59 Å². The van der Waals surface area contributed by atoms with Gasteiger partial charge >= 0.3 is 0 Å². The molecule has 1 aromatic heterocycles. The van der Waals surface area contributed by atoms with Crippen molar-refractivity contribution in [2.45, 2.75) is 19.9 Å². The lowest BCUT2D eigenvalue weighted by molar-refractivity contribution is 0.0938. The van der Waals surface area contributed by atoms with Crippen molar-refractivity contribution in [1.82, 2.24) is 10.3 Å². The van der Waals surface area contributed by atoms with Crippen molar-refractivity contribution in [1.29, 1.82) is 0 Å². The minimum absolute atomic E-state index is 0.103. The van der Waals surface area contributed by atoms with Crippen molar-refractivity contribution in [2.24, 2.45) is 0 Å². The van der Waals surface area contributed by atoms with Crippen molar-refractivity contribution in [2.75, 3.05) is 5.73 Å². The SMILES string of the molecule is Cc1cc(=O)c(C(=O)NC(C)c2cccc(N)c2)c[nH]1. The van der Waals surface area contributed by atoms with Gasteiger partial charge in [-0.05, 0) is 31.5 Å². The number of carbonyl (C=O) groups excluding carboxylic acids is 1. The summed E-state index contributed by atoms with van der Waals surface area (Å²) in [5.74, 6) is -0.402. The van der Waals surface area contributed by atoms with Crippen LogP contribution in [0.15, 0.2) is 41.3 Å². The monoisotopic (exact) mass is 271 g/mol. The number of aromatic amines is 1. The van der Waals surface area contributed by atoms with Gasteiger partial charge in [-0.1, -0.05) is 12.1 Å². The number of nitrogen functional groups attached to an aromatic ring is 1. The van der Waals surface area contributed by atoms with Gasteiger partial charge in [0.25, 0.3) is 5.91 Å². The molecule has 20 heavy (non-hydrogen) atoms. The number of amides is 1. The lowest BCUT2D eigenvalue weighted by Crippen LogP contribution is -2.31. The van der Waals surface area contributed by atoms with Crippen molar-refractivity contribution < 1.29 is 4.79 Å². The molecule has 5 heteroatoms. The summed E-state index contributed by atoms with van der Waals surface area (Å²) in [6, 6.07) is 8.45. The molecule has 0 aliphatic heterocycles. The number of nitrogens with one attached hydrogen (secondary N) is 2. The number of carbonyl (C=O) groups is 1. The van der Waals surface area contributed by atoms with Gasteiger partial charge in [-0.15, -0.1) is 0 Å². The third-order valence-electron chi connectivity index (χ3n) is 3.06. The molecule has 4 N–H and O–H groups in total. The highest BCUT2D eigenvalue weighted by Crippen LogP contribution is 2.15. The van der Waals surface area contributed by atoms with Crippen molar-refractivity contribution in [3.8, 4) is 0 Å². The van der Waals surface area contributed by atoms with Gasteiger partial charge in [0.1, 0.15) is 5.56 Å². The zero-order chi connectivity index (χ0) is 14.7. The van der Waals surface area contributed by atoms with Gasteiger partial charge in [0.05, 0.1) is 6.04 Å². The maximum absolute atomic E-state index is 12.1. The molecular weight excluding hydrogens is 254 g/mol. The topological polar surface area (TPSA) is 88.0 Å². The van der Waals surface area contributed by atoms with Crippen molar-refractivity contribution >= 4 is 11.6 Å². The fraction of sp³-hybridized carbons (Fsp3) is 0.200. The molecule has 0 bridgehead atoms. The zero-order valence-corrected chi connectivity index (χ0v) is 11.4. The van der Waals surface area contributed by atoms with Gasteiger partial charge < -0.3 is 16.0 Å². The molecule has 1 heterocycles. The number of pyridine rings is 1. The molecule has 1 aromatic carbocycles. The largest absolute Gasteiger partial charge is 0.399 e. The Morgan fingerprint density at radius 1 is 1.35 bits per heavy atom. The minimum atomic E-state index is -0.402. The first kappa shape index (κ1) is 13.9. The van der Waals surface area contributed by atoms with Crippen LogP contribution in [0.4, 0.5) is 5.69 Å². The summed E-state index contributed by atoms with van der Waals surface area (Å²) in [6.45, 7) is 3.60. The van der Waals surface area contributed by atoms with Crippen molar-refractivity contribution in [3.63, 3.8) is 0 Å². The molecule has 1 amide bonds. The Morgan fingerprint density at radius 3 is 2.75 bits per heavy atom. The predicted octanol–water partition coefficient (Wildman–Crippen LogP) is 1.76. The Labute approximate surface area is 116 Å². The van der Waals surface area contributed by atoms with E-state index in [0.717, 1.165) is 11.3 Å². The summed E-state index contributed by atoms with van der Waals surface area (Å²) in [5.41, 5.74) is 7.77. The number of hydrogen-bond acceptors (Lipinski definition) is 3. The number of H-pyrrole nitrogens is 1. The maximum atomic E-state index is 12.1. The number of aromatic nitrogens is 1. The Kier molecular flexibility index (Phi) is 3.89. The molecule has 0 aliphatic rings. The quantitative estimate of drug-likeness (QED) is 0.743. The Hall–Kier alpha value is -2.56. The summed E-state index contributed by atoms with van der Waals surface area (Å²) < 4.78 is 0. The molecule has 0 aliphatic carbocycles. The summed E-state index contributed by atoms with van der Waals surface area (Å²) in [4.78, 5) is 26.7. The molecule has 0 saturated carbocycles. The van der Waals surface area contributed by atoms with E-state index < -0.39 is 5.91 Å². The molecule has 0 spiro atoms. The van der Waals surface area contributed by atoms with E-state index >= 15 is 0 Å². The number of aryl methyl sites for hydroxylation is 1. The first-order chi connectivity index (χ1) is 9.47. The fourth-order valence-electron chi connectivity index (χ4n) is 1.94. The van der Waals surface area contributed by atoms with Crippen LogP contribution >= 0.6 is 0 Å². The van der Waals surface area contributed by atoms with Crippen LogP contribution in [0.3, 0.4) is 0 Å². The predicted molar refractivity (Wildman–Crippen MR) is 78.5 cm³/mol. The summed E-state index contributed by atoms with van der Waals surface area (Å²) in [5, 5.41) is 2.79. The number of anilines is 1. The van der Waals surface area contributed by atoms with Gasteiger partial charge in [0.15, 0.2) is 5.43 Å². The van der Waals surface area contributed by atoms with Gasteiger partial charge in [-0.2, -0.15) is 0 Å². The van der Waals surface area contributed by atoms with Crippen LogP contribution in [-0.2, 0) is 0 Å². The van der Waals surface area contributed by atoms with Crippen molar-refractivity contribution in [3.05, 3.63) is 63.6 Å². The van der Waals surface area contributed by atoms with Crippen LogP contribution in [0.5, 0.6) is 0 Å². The molecule has 5 nitrogen and oxygen atoms in total. The van der Waals surface area contributed by atoms with E-state index in [1.807, 2.05) is 19.1 Å². The standard InChI is InChI=1S/C15H17N3O2/c1-9-6-14(19)13(8-17-9)15(20)18-10(2)11-4-3-5-12(16)7-11/h3-8,10H,16H2,1-2H3,(H,17,19)(H,18,20). The number of nitrogens with two attached hydrogens (primary N) is 1. The average molecular weight is 271 g/mol. The molecule has 2 rings (SSSR count). The van der Waals surface area contributed by atoms with E-state index in [1.54, 1.807) is 19.1 Å². The highest BCUT2D eigenvalue weighted by molar-refractivity contribution is 5.94. The number of rotatable bonds is 3. The third kappa shape index (κ3) is 3.06. The van der Waals surface area contributed by atoms with Gasteiger partial charge in [-0.3, -0.25) is 9.59 Å². The summed E-state index contributed by atoms with van der Waals surface area (Å²) in [6.07, 6.45) is 1.43. The van der Waals surface area contributed by atoms with Gasteiger partial charge in [-0.25, -0.2) is 0 Å². The third-order valence-corrected chi connectivity index (χ3v) is 3.06. The first-order valence-electron chi connectivity index (χ1n) is 6.33. The van der Waals surface area contributed by atoms with E-state index in [-0.39, 0.29) is 17.0 Å². The van der Waals surface area contributed by atoms with E-state index in [1.165, 1.54) is 12.3 Å². The molecule has 2 aromatic rings. The van der Waals surface area contributed by atoms with E-state index in [2.05, 4.69) is 10.3 Å². The molecule has 0 fully saturated rings. The van der Waals surface area contributed by atoms with Crippen LogP contribution < -0.4 is 16.5 Å². The molecule has 1 atom stereocenters. The lowest BCUT2D eigenvalue weighted by atomic mass is 10.1. The van der Waals surface area contributed by atoms with Gasteiger partial charge in [0.2, 0.25) is 0 Å². The highest BCUT2D eigenvalue weighted by atomic mass is 16.2. The second-order valence-electron chi connectivity index (χ2n) is 4.76. The second kappa shape index (κ2) is 5.61. The maximum Gasteiger partial charge on any atom is 0.257 e. The normalized spacial score (nSPS) is 11.9. The van der Waals surface area contributed by atoms with Crippen LogP contribution in [0.2, 0.25) is 0 Å². The van der Waals surface area contributed by atoms with Crippen LogP contribution in [-0.4, -0.2) is 10.9 Å². The minimum Gasteiger partial charge on any atom is -0.399 e. The average Bonchev–Trinajstić information content (AvgIpc) is 2.38. The molecule has 104 valence electrons. The first-order valence-corrected chi connectivity index (χ1v) is 6.33. The fourth-order valence-corrected chi connectivity index (χ4v) is 1.94. The molecular formula is C15H17N3O2. The lowest BCUT2D eigenvalue weighted by Gasteiger charge is -2.14. The van der Waals surface area contributed by atoms with Gasteiger partial charge in [0, 0.05) is 23.6 Å². The Bertz CT molecular complexity index is 692. The highest BCUT2D eigenvalue weighted by Gasteiger charge is 2.14.